The summed E-state index contributed by atoms with van der Waals surface area (Å²) < 4.78 is 16.2. The summed E-state index contributed by atoms with van der Waals surface area (Å²) in [7, 11) is 3.22. The Hall–Kier alpha value is -1.42. The van der Waals surface area contributed by atoms with E-state index in [9.17, 15) is 0 Å². The average Bonchev–Trinajstić information content (AvgIpc) is 2.30. The normalized spacial score (nSPS) is 12.1. The molecule has 0 bridgehead atoms. The first-order chi connectivity index (χ1) is 8.13. The van der Waals surface area contributed by atoms with E-state index in [-0.39, 0.29) is 6.04 Å². The lowest BCUT2D eigenvalue weighted by Crippen LogP contribution is -2.18. The van der Waals surface area contributed by atoms with Crippen molar-refractivity contribution >= 4 is 0 Å². The molecule has 0 aliphatic carbocycles. The van der Waals surface area contributed by atoms with E-state index in [1.165, 1.54) is 0 Å². The van der Waals surface area contributed by atoms with E-state index >= 15 is 0 Å². The molecule has 0 spiro atoms. The van der Waals surface area contributed by atoms with E-state index < -0.39 is 0 Å². The molecule has 1 aromatic rings. The summed E-state index contributed by atoms with van der Waals surface area (Å²) in [4.78, 5) is 0. The number of nitrogens with two attached hydrogens (primary N) is 1. The highest BCUT2D eigenvalue weighted by Crippen LogP contribution is 2.40. The van der Waals surface area contributed by atoms with Crippen LogP contribution in [0, 0.1) is 0 Å². The Kier molecular flexibility index (Phi) is 5.10. The fraction of sp³-hybridized carbons (Fsp3) is 0.538. The van der Waals surface area contributed by atoms with Gasteiger partial charge in [0.25, 0.3) is 0 Å². The number of hydrogen-bond acceptors (Lipinski definition) is 4. The van der Waals surface area contributed by atoms with Crippen LogP contribution >= 0.6 is 0 Å². The topological polar surface area (TPSA) is 53.7 Å². The molecule has 0 saturated carbocycles. The van der Waals surface area contributed by atoms with Crippen LogP contribution < -0.4 is 19.9 Å². The van der Waals surface area contributed by atoms with Crippen LogP contribution in [0.4, 0.5) is 0 Å². The quantitative estimate of drug-likeness (QED) is 0.825. The Morgan fingerprint density at radius 2 is 1.88 bits per heavy atom. The molecule has 0 amide bonds. The van der Waals surface area contributed by atoms with E-state index in [1.807, 2.05) is 26.0 Å². The van der Waals surface area contributed by atoms with Crippen molar-refractivity contribution in [3.63, 3.8) is 0 Å². The summed E-state index contributed by atoms with van der Waals surface area (Å²) in [6.07, 6.45) is 0.746. The summed E-state index contributed by atoms with van der Waals surface area (Å²) in [5.41, 5.74) is 6.87. The van der Waals surface area contributed by atoms with Gasteiger partial charge in [0, 0.05) is 6.04 Å². The zero-order chi connectivity index (χ0) is 12.8. The molecule has 0 aliphatic rings. The molecule has 0 aliphatic heterocycles. The monoisotopic (exact) mass is 239 g/mol. The lowest BCUT2D eigenvalue weighted by Gasteiger charge is -2.17. The maximum absolute atomic E-state index is 5.82. The standard InChI is InChI=1S/C13H21NO3/c1-5-17-12-10(8-9(2)14)6-7-11(15-3)13(12)16-4/h6-7,9H,5,8,14H2,1-4H3. The fourth-order valence-electron chi connectivity index (χ4n) is 1.75. The molecule has 0 aromatic heterocycles. The van der Waals surface area contributed by atoms with E-state index in [4.69, 9.17) is 19.9 Å². The first-order valence-corrected chi connectivity index (χ1v) is 5.76. The highest BCUT2D eigenvalue weighted by Gasteiger charge is 2.16. The van der Waals surface area contributed by atoms with Crippen molar-refractivity contribution in [2.24, 2.45) is 5.73 Å². The molecule has 0 heterocycles. The van der Waals surface area contributed by atoms with E-state index in [1.54, 1.807) is 14.2 Å². The molecule has 4 nitrogen and oxygen atoms in total. The van der Waals surface area contributed by atoms with Gasteiger partial charge in [0.05, 0.1) is 20.8 Å². The predicted molar refractivity (Wildman–Crippen MR) is 68.1 cm³/mol. The summed E-state index contributed by atoms with van der Waals surface area (Å²) >= 11 is 0. The van der Waals surface area contributed by atoms with Crippen molar-refractivity contribution in [2.75, 3.05) is 20.8 Å². The number of ether oxygens (including phenoxy) is 3. The van der Waals surface area contributed by atoms with Gasteiger partial charge in [0.1, 0.15) is 0 Å². The summed E-state index contributed by atoms with van der Waals surface area (Å²) in [5, 5.41) is 0. The zero-order valence-corrected chi connectivity index (χ0v) is 10.9. The lowest BCUT2D eigenvalue weighted by molar-refractivity contribution is 0.293. The van der Waals surface area contributed by atoms with E-state index in [0.29, 0.717) is 18.1 Å². The molecule has 1 rings (SSSR count). The van der Waals surface area contributed by atoms with Gasteiger partial charge in [-0.05, 0) is 31.9 Å². The second kappa shape index (κ2) is 6.35. The Balaban J connectivity index is 3.20. The molecule has 0 saturated heterocycles. The minimum absolute atomic E-state index is 0.0762. The lowest BCUT2D eigenvalue weighted by atomic mass is 10.1. The fourth-order valence-corrected chi connectivity index (χ4v) is 1.75. The number of benzene rings is 1. The first kappa shape index (κ1) is 13.6. The average molecular weight is 239 g/mol. The Bertz CT molecular complexity index is 364. The van der Waals surface area contributed by atoms with Crippen LogP contribution in [0.25, 0.3) is 0 Å². The Labute approximate surface area is 103 Å². The van der Waals surface area contributed by atoms with Gasteiger partial charge in [-0.25, -0.2) is 0 Å². The molecule has 1 aromatic carbocycles. The molecule has 2 N–H and O–H groups in total. The van der Waals surface area contributed by atoms with Crippen molar-refractivity contribution in [3.8, 4) is 17.2 Å². The maximum Gasteiger partial charge on any atom is 0.203 e. The molecule has 1 atom stereocenters. The van der Waals surface area contributed by atoms with Crippen molar-refractivity contribution < 1.29 is 14.2 Å². The molecule has 0 fully saturated rings. The van der Waals surface area contributed by atoms with Gasteiger partial charge in [0.15, 0.2) is 11.5 Å². The minimum Gasteiger partial charge on any atom is -0.493 e. The molecule has 4 heteroatoms. The maximum atomic E-state index is 5.82. The molecule has 1 unspecified atom stereocenters. The third-order valence-electron chi connectivity index (χ3n) is 2.41. The summed E-state index contributed by atoms with van der Waals surface area (Å²) in [5.74, 6) is 2.03. The Morgan fingerprint density at radius 3 is 2.35 bits per heavy atom. The SMILES string of the molecule is CCOc1c(CC(C)N)ccc(OC)c1OC. The Morgan fingerprint density at radius 1 is 1.18 bits per heavy atom. The molecular formula is C13H21NO3. The third-order valence-corrected chi connectivity index (χ3v) is 2.41. The van der Waals surface area contributed by atoms with Crippen LogP contribution in [0.3, 0.4) is 0 Å². The molecule has 0 radical (unpaired) electrons. The van der Waals surface area contributed by atoms with Crippen LogP contribution in [-0.2, 0) is 6.42 Å². The largest absolute Gasteiger partial charge is 0.493 e. The second-order valence-electron chi connectivity index (χ2n) is 3.90. The number of methoxy groups -OCH3 is 2. The van der Waals surface area contributed by atoms with Crippen molar-refractivity contribution in [1.82, 2.24) is 0 Å². The van der Waals surface area contributed by atoms with Gasteiger partial charge < -0.3 is 19.9 Å². The summed E-state index contributed by atoms with van der Waals surface area (Å²) in [6.45, 7) is 4.48. The smallest absolute Gasteiger partial charge is 0.203 e. The zero-order valence-electron chi connectivity index (χ0n) is 10.9. The summed E-state index contributed by atoms with van der Waals surface area (Å²) in [6, 6.07) is 3.92. The predicted octanol–water partition coefficient (Wildman–Crippen LogP) is 1.99. The molecular weight excluding hydrogens is 218 g/mol. The van der Waals surface area contributed by atoms with Crippen LogP contribution in [0.2, 0.25) is 0 Å². The third kappa shape index (κ3) is 3.27. The van der Waals surface area contributed by atoms with E-state index in [0.717, 1.165) is 17.7 Å². The van der Waals surface area contributed by atoms with Crippen molar-refractivity contribution in [3.05, 3.63) is 17.7 Å². The number of hydrogen-bond donors (Lipinski definition) is 1. The molecule has 17 heavy (non-hydrogen) atoms. The first-order valence-electron chi connectivity index (χ1n) is 5.76. The van der Waals surface area contributed by atoms with Crippen LogP contribution in [0.5, 0.6) is 17.2 Å². The van der Waals surface area contributed by atoms with Gasteiger partial charge in [-0.2, -0.15) is 0 Å². The minimum atomic E-state index is 0.0762. The van der Waals surface area contributed by atoms with Gasteiger partial charge in [-0.1, -0.05) is 6.07 Å². The molecule has 96 valence electrons. The van der Waals surface area contributed by atoms with Crippen molar-refractivity contribution in [2.45, 2.75) is 26.3 Å². The van der Waals surface area contributed by atoms with Crippen LogP contribution in [0.1, 0.15) is 19.4 Å². The van der Waals surface area contributed by atoms with Gasteiger partial charge in [-0.3, -0.25) is 0 Å². The van der Waals surface area contributed by atoms with Gasteiger partial charge in [0.2, 0.25) is 5.75 Å². The van der Waals surface area contributed by atoms with E-state index in [2.05, 4.69) is 0 Å². The van der Waals surface area contributed by atoms with Crippen molar-refractivity contribution in [1.29, 1.82) is 0 Å². The highest BCUT2D eigenvalue weighted by atomic mass is 16.5. The van der Waals surface area contributed by atoms with Gasteiger partial charge >= 0.3 is 0 Å². The second-order valence-corrected chi connectivity index (χ2v) is 3.90. The van der Waals surface area contributed by atoms with Crippen LogP contribution in [0.15, 0.2) is 12.1 Å². The van der Waals surface area contributed by atoms with Crippen LogP contribution in [-0.4, -0.2) is 26.9 Å². The number of rotatable bonds is 6. The van der Waals surface area contributed by atoms with Gasteiger partial charge in [-0.15, -0.1) is 0 Å². The highest BCUT2D eigenvalue weighted by molar-refractivity contribution is 5.56.